The second kappa shape index (κ2) is 8.89. The Morgan fingerprint density at radius 1 is 1.10 bits per heavy atom. The number of amides is 1. The molecule has 4 N–H and O–H groups in total. The average Bonchev–Trinajstić information content (AvgIpc) is 2.74. The van der Waals surface area contributed by atoms with Crippen LogP contribution in [0.15, 0.2) is 53.6 Å². The van der Waals surface area contributed by atoms with Crippen LogP contribution in [0, 0.1) is 23.7 Å². The van der Waals surface area contributed by atoms with Crippen LogP contribution in [0.1, 0.15) is 15.9 Å². The number of nitrogens with zero attached hydrogens (tertiary/aromatic N) is 4. The fraction of sp³-hybridized carbons (Fsp3) is 0.238. The Labute approximate surface area is 169 Å². The number of hydrazone groups is 1. The van der Waals surface area contributed by atoms with Crippen LogP contribution in [-0.4, -0.2) is 48.5 Å². The summed E-state index contributed by atoms with van der Waals surface area (Å²) in [5.41, 5.74) is 11.4. The Morgan fingerprint density at radius 3 is 2.28 bits per heavy atom. The van der Waals surface area contributed by atoms with Gasteiger partial charge in [-0.15, -0.1) is 0 Å². The van der Waals surface area contributed by atoms with Gasteiger partial charge < -0.3 is 15.5 Å². The molecule has 0 aromatic heterocycles. The molecule has 0 unspecified atom stereocenters. The van der Waals surface area contributed by atoms with Gasteiger partial charge in [0.1, 0.15) is 6.07 Å². The molecule has 148 valence electrons. The van der Waals surface area contributed by atoms with Crippen molar-refractivity contribution in [3.63, 3.8) is 0 Å². The van der Waals surface area contributed by atoms with E-state index in [-0.39, 0.29) is 17.5 Å². The number of hydrogen-bond donors (Lipinski definition) is 3. The maximum atomic E-state index is 12.6. The third-order valence-electron chi connectivity index (χ3n) is 4.76. The van der Waals surface area contributed by atoms with E-state index in [0.29, 0.717) is 18.8 Å². The molecule has 1 aliphatic rings. The first-order valence-electron chi connectivity index (χ1n) is 9.27. The van der Waals surface area contributed by atoms with Gasteiger partial charge in [0.25, 0.3) is 5.91 Å². The van der Waals surface area contributed by atoms with Gasteiger partial charge in [0.15, 0.2) is 5.84 Å². The molecule has 1 amide bonds. The van der Waals surface area contributed by atoms with Crippen molar-refractivity contribution in [2.75, 3.05) is 36.5 Å². The molecule has 0 spiro atoms. The Morgan fingerprint density at radius 2 is 1.72 bits per heavy atom. The van der Waals surface area contributed by atoms with E-state index >= 15 is 0 Å². The predicted octanol–water partition coefficient (Wildman–Crippen LogP) is 2.18. The summed E-state index contributed by atoms with van der Waals surface area (Å²) >= 11 is 0. The van der Waals surface area contributed by atoms with Gasteiger partial charge in [0.05, 0.1) is 5.69 Å². The second-order valence-corrected chi connectivity index (χ2v) is 6.79. The molecule has 0 bridgehead atoms. The second-order valence-electron chi connectivity index (χ2n) is 6.79. The number of nitrogens with two attached hydrogens (primary N) is 1. The highest BCUT2D eigenvalue weighted by Gasteiger charge is 2.22. The molecule has 8 nitrogen and oxygen atoms in total. The summed E-state index contributed by atoms with van der Waals surface area (Å²) in [5, 5.41) is 19.9. The van der Waals surface area contributed by atoms with Crippen molar-refractivity contribution in [2.24, 2.45) is 10.8 Å². The number of carbonyl (C=O) groups excluding carboxylic acids is 1. The molecule has 1 saturated heterocycles. The van der Waals surface area contributed by atoms with Gasteiger partial charge in [0, 0.05) is 37.4 Å². The van der Waals surface area contributed by atoms with Crippen LogP contribution in [0.5, 0.6) is 0 Å². The Hall–Kier alpha value is -3.86. The van der Waals surface area contributed by atoms with Crippen molar-refractivity contribution in [1.82, 2.24) is 4.90 Å². The van der Waals surface area contributed by atoms with Crippen molar-refractivity contribution in [3.8, 4) is 6.07 Å². The lowest BCUT2D eigenvalue weighted by molar-refractivity contribution is 0.0747. The number of hydrogen-bond acceptors (Lipinski definition) is 6. The standard InChI is InChI=1S/C21H23N7O/c1-15-2-4-16(5-3-15)21(29)28-12-10-27(11-13-28)18-8-6-17(7-9-18)25-26-19(14-22)20(23)24/h2-9,25H,10-13H2,1H3,(H3,23,24)/b26-19+. The quantitative estimate of drug-likeness (QED) is 0.411. The first kappa shape index (κ1) is 19.9. The number of benzene rings is 2. The minimum Gasteiger partial charge on any atom is -0.382 e. The van der Waals surface area contributed by atoms with E-state index in [1.165, 1.54) is 0 Å². The van der Waals surface area contributed by atoms with Crippen LogP contribution in [0.25, 0.3) is 0 Å². The third-order valence-corrected chi connectivity index (χ3v) is 4.76. The predicted molar refractivity (Wildman–Crippen MR) is 114 cm³/mol. The molecule has 2 aromatic carbocycles. The molecular weight excluding hydrogens is 366 g/mol. The normalized spacial score (nSPS) is 14.3. The summed E-state index contributed by atoms with van der Waals surface area (Å²) in [6, 6.07) is 17.0. The van der Waals surface area contributed by atoms with E-state index in [2.05, 4.69) is 15.4 Å². The summed E-state index contributed by atoms with van der Waals surface area (Å²) < 4.78 is 0. The Bertz CT molecular complexity index is 950. The van der Waals surface area contributed by atoms with Crippen molar-refractivity contribution < 1.29 is 4.79 Å². The highest BCUT2D eigenvalue weighted by molar-refractivity contribution is 6.45. The van der Waals surface area contributed by atoms with Gasteiger partial charge in [-0.05, 0) is 43.3 Å². The highest BCUT2D eigenvalue weighted by atomic mass is 16.2. The van der Waals surface area contributed by atoms with Crippen LogP contribution in [0.4, 0.5) is 11.4 Å². The first-order valence-corrected chi connectivity index (χ1v) is 9.27. The van der Waals surface area contributed by atoms with Gasteiger partial charge in [-0.25, -0.2) is 0 Å². The van der Waals surface area contributed by atoms with Crippen molar-refractivity contribution in [3.05, 3.63) is 59.7 Å². The summed E-state index contributed by atoms with van der Waals surface area (Å²) in [5.74, 6) is -0.310. The fourth-order valence-corrected chi connectivity index (χ4v) is 3.06. The zero-order valence-electron chi connectivity index (χ0n) is 16.2. The lowest BCUT2D eigenvalue weighted by Crippen LogP contribution is -2.48. The number of rotatable bonds is 5. The number of carbonyl (C=O) groups is 1. The molecule has 2 aromatic rings. The van der Waals surface area contributed by atoms with E-state index in [0.717, 1.165) is 29.9 Å². The average molecular weight is 389 g/mol. The summed E-state index contributed by atoms with van der Waals surface area (Å²) in [6.45, 7) is 4.85. The first-order chi connectivity index (χ1) is 14.0. The van der Waals surface area contributed by atoms with E-state index in [1.54, 1.807) is 6.07 Å². The smallest absolute Gasteiger partial charge is 0.253 e. The lowest BCUT2D eigenvalue weighted by Gasteiger charge is -2.36. The number of piperazine rings is 1. The monoisotopic (exact) mass is 389 g/mol. The lowest BCUT2D eigenvalue weighted by atomic mass is 10.1. The number of nitrogens with one attached hydrogen (secondary N) is 2. The Kier molecular flexibility index (Phi) is 6.09. The molecule has 3 rings (SSSR count). The molecule has 0 saturated carbocycles. The molecule has 1 heterocycles. The van der Waals surface area contributed by atoms with Gasteiger partial charge in [-0.3, -0.25) is 15.6 Å². The zero-order valence-corrected chi connectivity index (χ0v) is 16.2. The topological polar surface area (TPSA) is 122 Å². The molecule has 0 radical (unpaired) electrons. The van der Waals surface area contributed by atoms with E-state index in [4.69, 9.17) is 16.4 Å². The third kappa shape index (κ3) is 4.90. The van der Waals surface area contributed by atoms with E-state index in [1.807, 2.05) is 60.4 Å². The highest BCUT2D eigenvalue weighted by Crippen LogP contribution is 2.20. The van der Waals surface area contributed by atoms with E-state index < -0.39 is 0 Å². The summed E-state index contributed by atoms with van der Waals surface area (Å²) in [7, 11) is 0. The zero-order chi connectivity index (χ0) is 20.8. The number of amidine groups is 1. The number of anilines is 2. The largest absolute Gasteiger partial charge is 0.382 e. The van der Waals surface area contributed by atoms with Gasteiger partial charge in [-0.2, -0.15) is 10.4 Å². The minimum atomic E-state index is -0.380. The molecular formula is C21H23N7O. The van der Waals surface area contributed by atoms with Gasteiger partial charge in [0.2, 0.25) is 5.71 Å². The van der Waals surface area contributed by atoms with Gasteiger partial charge in [-0.1, -0.05) is 17.7 Å². The maximum absolute atomic E-state index is 12.6. The SMILES string of the molecule is Cc1ccc(C(=O)N2CCN(c3ccc(N/N=C(\C#N)C(=N)N)cc3)CC2)cc1. The summed E-state index contributed by atoms with van der Waals surface area (Å²) in [6.07, 6.45) is 0. The summed E-state index contributed by atoms with van der Waals surface area (Å²) in [4.78, 5) is 16.7. The number of nitriles is 1. The van der Waals surface area contributed by atoms with Crippen molar-refractivity contribution in [1.29, 1.82) is 10.7 Å². The Balaban J connectivity index is 1.57. The molecule has 1 aliphatic heterocycles. The van der Waals surface area contributed by atoms with Crippen LogP contribution < -0.4 is 16.1 Å². The van der Waals surface area contributed by atoms with E-state index in [9.17, 15) is 4.79 Å². The van der Waals surface area contributed by atoms with Crippen molar-refractivity contribution in [2.45, 2.75) is 6.92 Å². The molecule has 0 atom stereocenters. The van der Waals surface area contributed by atoms with Crippen LogP contribution in [0.2, 0.25) is 0 Å². The minimum absolute atomic E-state index is 0.0702. The maximum Gasteiger partial charge on any atom is 0.253 e. The molecule has 0 aliphatic carbocycles. The van der Waals surface area contributed by atoms with Crippen molar-refractivity contribution >= 4 is 28.8 Å². The molecule has 29 heavy (non-hydrogen) atoms. The van der Waals surface area contributed by atoms with Crippen LogP contribution in [-0.2, 0) is 0 Å². The molecule has 1 fully saturated rings. The number of aryl methyl sites for hydroxylation is 1. The van der Waals surface area contributed by atoms with Crippen LogP contribution >= 0.6 is 0 Å². The molecule has 8 heteroatoms. The van der Waals surface area contributed by atoms with Gasteiger partial charge >= 0.3 is 0 Å². The van der Waals surface area contributed by atoms with Crippen LogP contribution in [0.3, 0.4) is 0 Å². The fourth-order valence-electron chi connectivity index (χ4n) is 3.06.